The van der Waals surface area contributed by atoms with E-state index in [4.69, 9.17) is 5.11 Å². The van der Waals surface area contributed by atoms with Crippen molar-refractivity contribution >= 4 is 17.7 Å². The van der Waals surface area contributed by atoms with Gasteiger partial charge in [-0.3, -0.25) is 4.90 Å². The highest BCUT2D eigenvalue weighted by molar-refractivity contribution is 5.95. The van der Waals surface area contributed by atoms with Crippen LogP contribution in [0.25, 0.3) is 0 Å². The fourth-order valence-electron chi connectivity index (χ4n) is 2.47. The molecule has 0 aliphatic carbocycles. The SMILES string of the molecule is CC[C@H](NC(=O)N1CCCCc2ccccc21)C(=O)O. The Labute approximate surface area is 118 Å². The van der Waals surface area contributed by atoms with Gasteiger partial charge in [0.15, 0.2) is 0 Å². The zero-order valence-corrected chi connectivity index (χ0v) is 11.6. The van der Waals surface area contributed by atoms with Gasteiger partial charge in [0, 0.05) is 12.2 Å². The van der Waals surface area contributed by atoms with Crippen molar-refractivity contribution in [1.29, 1.82) is 0 Å². The average molecular weight is 276 g/mol. The first-order chi connectivity index (χ1) is 9.63. The molecular weight excluding hydrogens is 256 g/mol. The van der Waals surface area contributed by atoms with Crippen molar-refractivity contribution in [2.45, 2.75) is 38.6 Å². The maximum atomic E-state index is 12.3. The van der Waals surface area contributed by atoms with Gasteiger partial charge in [-0.05, 0) is 37.3 Å². The first-order valence-electron chi connectivity index (χ1n) is 7.02. The van der Waals surface area contributed by atoms with Gasteiger partial charge in [0.2, 0.25) is 0 Å². The van der Waals surface area contributed by atoms with E-state index in [1.807, 2.05) is 24.3 Å². The number of aliphatic carboxylic acids is 1. The number of aryl methyl sites for hydroxylation is 1. The number of benzene rings is 1. The molecule has 1 atom stereocenters. The molecule has 1 aromatic rings. The number of hydrogen-bond donors (Lipinski definition) is 2. The Hall–Kier alpha value is -2.04. The quantitative estimate of drug-likeness (QED) is 0.890. The van der Waals surface area contributed by atoms with Crippen LogP contribution in [0.15, 0.2) is 24.3 Å². The highest BCUT2D eigenvalue weighted by Crippen LogP contribution is 2.26. The molecule has 1 aliphatic heterocycles. The van der Waals surface area contributed by atoms with Gasteiger partial charge in [0.05, 0.1) is 0 Å². The number of rotatable bonds is 3. The number of nitrogens with zero attached hydrogens (tertiary/aromatic N) is 1. The molecule has 20 heavy (non-hydrogen) atoms. The summed E-state index contributed by atoms with van der Waals surface area (Å²) in [4.78, 5) is 25.0. The molecule has 0 fully saturated rings. The molecule has 2 N–H and O–H groups in total. The Bertz CT molecular complexity index is 502. The van der Waals surface area contributed by atoms with Crippen LogP contribution in [-0.2, 0) is 11.2 Å². The summed E-state index contributed by atoms with van der Waals surface area (Å²) in [6.45, 7) is 2.37. The molecule has 5 nitrogen and oxygen atoms in total. The Balaban J connectivity index is 2.19. The summed E-state index contributed by atoms with van der Waals surface area (Å²) in [5.74, 6) is -0.996. The largest absolute Gasteiger partial charge is 0.480 e. The predicted molar refractivity (Wildman–Crippen MR) is 77.0 cm³/mol. The molecule has 2 amide bonds. The van der Waals surface area contributed by atoms with Gasteiger partial charge in [-0.2, -0.15) is 0 Å². The van der Waals surface area contributed by atoms with Gasteiger partial charge >= 0.3 is 12.0 Å². The van der Waals surface area contributed by atoms with E-state index in [1.165, 1.54) is 0 Å². The first kappa shape index (κ1) is 14.4. The maximum Gasteiger partial charge on any atom is 0.326 e. The minimum atomic E-state index is -0.996. The molecule has 5 heteroatoms. The number of fused-ring (bicyclic) bond motifs is 1. The van der Waals surface area contributed by atoms with Crippen molar-refractivity contribution in [3.05, 3.63) is 29.8 Å². The topological polar surface area (TPSA) is 69.6 Å². The number of nitrogens with one attached hydrogen (secondary N) is 1. The second kappa shape index (κ2) is 6.41. The molecule has 0 radical (unpaired) electrons. The van der Waals surface area contributed by atoms with Crippen LogP contribution in [0.2, 0.25) is 0 Å². The number of hydrogen-bond acceptors (Lipinski definition) is 2. The van der Waals surface area contributed by atoms with E-state index in [2.05, 4.69) is 5.32 Å². The van der Waals surface area contributed by atoms with E-state index < -0.39 is 12.0 Å². The van der Waals surface area contributed by atoms with E-state index >= 15 is 0 Å². The van der Waals surface area contributed by atoms with Crippen LogP contribution in [0.3, 0.4) is 0 Å². The van der Waals surface area contributed by atoms with E-state index in [-0.39, 0.29) is 6.03 Å². The normalized spacial score (nSPS) is 15.9. The van der Waals surface area contributed by atoms with E-state index in [0.29, 0.717) is 13.0 Å². The molecule has 1 aliphatic rings. The fourth-order valence-corrected chi connectivity index (χ4v) is 2.47. The maximum absolute atomic E-state index is 12.3. The Morgan fingerprint density at radius 3 is 2.80 bits per heavy atom. The molecule has 1 heterocycles. The van der Waals surface area contributed by atoms with Crippen LogP contribution in [0.4, 0.5) is 10.5 Å². The lowest BCUT2D eigenvalue weighted by Crippen LogP contribution is -2.48. The second-order valence-corrected chi connectivity index (χ2v) is 4.99. The summed E-state index contributed by atoms with van der Waals surface area (Å²) < 4.78 is 0. The lowest BCUT2D eigenvalue weighted by atomic mass is 10.1. The smallest absolute Gasteiger partial charge is 0.326 e. The van der Waals surface area contributed by atoms with Gasteiger partial charge in [0.25, 0.3) is 0 Å². The molecule has 0 unspecified atom stereocenters. The standard InChI is InChI=1S/C15H20N2O3/c1-2-12(14(18)19)16-15(20)17-10-6-5-8-11-7-3-4-9-13(11)17/h3-4,7,9,12H,2,5-6,8,10H2,1H3,(H,16,20)(H,18,19)/t12-/m0/s1. The molecule has 0 saturated heterocycles. The highest BCUT2D eigenvalue weighted by atomic mass is 16.4. The number of anilines is 1. The third-order valence-electron chi connectivity index (χ3n) is 3.61. The van der Waals surface area contributed by atoms with E-state index in [9.17, 15) is 9.59 Å². The zero-order chi connectivity index (χ0) is 14.5. The predicted octanol–water partition coefficient (Wildman–Crippen LogP) is 2.40. The summed E-state index contributed by atoms with van der Waals surface area (Å²) in [6.07, 6.45) is 3.29. The molecule has 0 bridgehead atoms. The summed E-state index contributed by atoms with van der Waals surface area (Å²) in [7, 11) is 0. The summed E-state index contributed by atoms with van der Waals surface area (Å²) >= 11 is 0. The molecule has 0 saturated carbocycles. The van der Waals surface area contributed by atoms with Crippen molar-refractivity contribution in [2.75, 3.05) is 11.4 Å². The molecule has 0 aromatic heterocycles. The van der Waals surface area contributed by atoms with Crippen LogP contribution < -0.4 is 10.2 Å². The lowest BCUT2D eigenvalue weighted by Gasteiger charge is -2.25. The molecular formula is C15H20N2O3. The molecule has 108 valence electrons. The molecule has 2 rings (SSSR count). The summed E-state index contributed by atoms with van der Waals surface area (Å²) in [6, 6.07) is 6.65. The third-order valence-corrected chi connectivity index (χ3v) is 3.61. The number of carbonyl (C=O) groups excluding carboxylic acids is 1. The van der Waals surface area contributed by atoms with Gasteiger partial charge in [0.1, 0.15) is 6.04 Å². The minimum absolute atomic E-state index is 0.325. The number of carboxylic acids is 1. The average Bonchev–Trinajstić information content (AvgIpc) is 2.66. The monoisotopic (exact) mass is 276 g/mol. The van der Waals surface area contributed by atoms with E-state index in [0.717, 1.165) is 30.5 Å². The van der Waals surface area contributed by atoms with Crippen molar-refractivity contribution < 1.29 is 14.7 Å². The second-order valence-electron chi connectivity index (χ2n) is 4.99. The van der Waals surface area contributed by atoms with Crippen molar-refractivity contribution in [3.63, 3.8) is 0 Å². The fraction of sp³-hybridized carbons (Fsp3) is 0.467. The number of amides is 2. The zero-order valence-electron chi connectivity index (χ0n) is 11.6. The van der Waals surface area contributed by atoms with E-state index in [1.54, 1.807) is 11.8 Å². The van der Waals surface area contributed by atoms with Gasteiger partial charge < -0.3 is 10.4 Å². The van der Waals surface area contributed by atoms with Crippen LogP contribution >= 0.6 is 0 Å². The minimum Gasteiger partial charge on any atom is -0.480 e. The van der Waals surface area contributed by atoms with Crippen LogP contribution in [0.1, 0.15) is 31.7 Å². The van der Waals surface area contributed by atoms with Crippen LogP contribution in [0, 0.1) is 0 Å². The number of para-hydroxylation sites is 1. The van der Waals surface area contributed by atoms with Crippen molar-refractivity contribution in [3.8, 4) is 0 Å². The molecule has 0 spiro atoms. The van der Waals surface area contributed by atoms with Crippen molar-refractivity contribution in [2.24, 2.45) is 0 Å². The Morgan fingerprint density at radius 1 is 1.35 bits per heavy atom. The number of carbonyl (C=O) groups is 2. The van der Waals surface area contributed by atoms with Crippen LogP contribution in [0.5, 0.6) is 0 Å². The molecule has 1 aromatic carbocycles. The first-order valence-corrected chi connectivity index (χ1v) is 7.02. The van der Waals surface area contributed by atoms with Gasteiger partial charge in [-0.25, -0.2) is 9.59 Å². The van der Waals surface area contributed by atoms with Gasteiger partial charge in [-0.15, -0.1) is 0 Å². The summed E-state index contributed by atoms with van der Waals surface area (Å²) in [5, 5.41) is 11.6. The van der Waals surface area contributed by atoms with Crippen molar-refractivity contribution in [1.82, 2.24) is 5.32 Å². The third kappa shape index (κ3) is 3.10. The Morgan fingerprint density at radius 2 is 2.10 bits per heavy atom. The Kier molecular flexibility index (Phi) is 4.61. The van der Waals surface area contributed by atoms with Gasteiger partial charge in [-0.1, -0.05) is 25.1 Å². The number of urea groups is 1. The van der Waals surface area contributed by atoms with Crippen LogP contribution in [-0.4, -0.2) is 29.7 Å². The number of carboxylic acid groups (broad SMARTS) is 1. The highest BCUT2D eigenvalue weighted by Gasteiger charge is 2.24. The lowest BCUT2D eigenvalue weighted by molar-refractivity contribution is -0.139. The summed E-state index contributed by atoms with van der Waals surface area (Å²) in [5.41, 5.74) is 2.03.